The van der Waals surface area contributed by atoms with Gasteiger partial charge in [-0.1, -0.05) is 6.92 Å². The Balaban J connectivity index is 1.84. The van der Waals surface area contributed by atoms with Gasteiger partial charge in [0.25, 0.3) is 5.91 Å². The number of nitrogens with one attached hydrogen (secondary N) is 1. The van der Waals surface area contributed by atoms with Crippen molar-refractivity contribution in [2.24, 2.45) is 5.10 Å². The lowest BCUT2D eigenvalue weighted by molar-refractivity contribution is 0.0953. The van der Waals surface area contributed by atoms with E-state index < -0.39 is 0 Å². The molecule has 0 saturated carbocycles. The number of rotatable bonds is 4. The van der Waals surface area contributed by atoms with Gasteiger partial charge in [0.1, 0.15) is 5.76 Å². The molecule has 104 valence electrons. The van der Waals surface area contributed by atoms with Crippen LogP contribution in [0.15, 0.2) is 21.8 Å². The molecule has 0 radical (unpaired) electrons. The molecule has 0 aliphatic carbocycles. The van der Waals surface area contributed by atoms with Crippen LogP contribution in [0.2, 0.25) is 0 Å². The highest BCUT2D eigenvalue weighted by molar-refractivity contribution is 5.96. The number of nitrogens with zero attached hydrogens (tertiary/aromatic N) is 2. The molecule has 19 heavy (non-hydrogen) atoms. The summed E-state index contributed by atoms with van der Waals surface area (Å²) in [5.41, 5.74) is 4.23. The fourth-order valence-electron chi connectivity index (χ4n) is 2.27. The van der Waals surface area contributed by atoms with Crippen molar-refractivity contribution < 1.29 is 9.21 Å². The highest BCUT2D eigenvalue weighted by atomic mass is 16.3. The average Bonchev–Trinajstić information content (AvgIpc) is 2.84. The van der Waals surface area contributed by atoms with E-state index in [2.05, 4.69) is 22.4 Å². The fraction of sp³-hybridized carbons (Fsp3) is 0.571. The summed E-state index contributed by atoms with van der Waals surface area (Å²) in [6.07, 6.45) is 4.57. The molecule has 0 unspecified atom stereocenters. The van der Waals surface area contributed by atoms with Crippen LogP contribution in [0, 0.1) is 6.92 Å². The average molecular weight is 263 g/mol. The monoisotopic (exact) mass is 263 g/mol. The van der Waals surface area contributed by atoms with Crippen LogP contribution in [0.3, 0.4) is 0 Å². The minimum atomic E-state index is -0.199. The maximum absolute atomic E-state index is 11.8. The molecule has 0 bridgehead atoms. The second-order valence-corrected chi connectivity index (χ2v) is 4.85. The lowest BCUT2D eigenvalue weighted by Gasteiger charge is -2.26. The van der Waals surface area contributed by atoms with Crippen LogP contribution < -0.4 is 5.43 Å². The van der Waals surface area contributed by atoms with Crippen LogP contribution in [-0.2, 0) is 0 Å². The summed E-state index contributed by atoms with van der Waals surface area (Å²) in [6.45, 7) is 7.18. The van der Waals surface area contributed by atoms with Gasteiger partial charge in [0, 0.05) is 31.6 Å². The van der Waals surface area contributed by atoms with Gasteiger partial charge in [-0.2, -0.15) is 5.10 Å². The Bertz CT molecular complexity index is 455. The van der Waals surface area contributed by atoms with Crippen molar-refractivity contribution in [3.8, 4) is 0 Å². The molecule has 1 aliphatic rings. The number of carbonyl (C=O) groups excluding carboxylic acids is 1. The second kappa shape index (κ2) is 6.52. The minimum Gasteiger partial charge on any atom is -0.469 e. The predicted molar refractivity (Wildman–Crippen MR) is 74.3 cm³/mol. The van der Waals surface area contributed by atoms with E-state index in [1.807, 2.05) is 0 Å². The van der Waals surface area contributed by atoms with Gasteiger partial charge in [0.05, 0.1) is 11.8 Å². The van der Waals surface area contributed by atoms with Gasteiger partial charge in [-0.05, 0) is 26.0 Å². The van der Waals surface area contributed by atoms with E-state index in [1.54, 1.807) is 13.0 Å². The van der Waals surface area contributed by atoms with E-state index in [1.165, 1.54) is 12.7 Å². The number of hydrogen-bond donors (Lipinski definition) is 1. The van der Waals surface area contributed by atoms with Crippen LogP contribution in [-0.4, -0.2) is 36.2 Å². The van der Waals surface area contributed by atoms with Gasteiger partial charge in [-0.15, -0.1) is 0 Å². The molecule has 2 heterocycles. The van der Waals surface area contributed by atoms with Crippen LogP contribution in [0.1, 0.15) is 42.3 Å². The number of aryl methyl sites for hydroxylation is 1. The molecular weight excluding hydrogens is 242 g/mol. The molecule has 1 saturated heterocycles. The van der Waals surface area contributed by atoms with Gasteiger partial charge in [-0.3, -0.25) is 4.79 Å². The summed E-state index contributed by atoms with van der Waals surface area (Å²) < 4.78 is 5.10. The fourth-order valence-corrected chi connectivity index (χ4v) is 2.27. The topological polar surface area (TPSA) is 57.8 Å². The number of furan rings is 1. The zero-order valence-electron chi connectivity index (χ0n) is 11.6. The van der Waals surface area contributed by atoms with Crippen LogP contribution >= 0.6 is 0 Å². The lowest BCUT2D eigenvalue weighted by atomic mass is 10.1. The number of piperidine rings is 1. The molecule has 2 rings (SSSR count). The smallest absolute Gasteiger partial charge is 0.274 e. The number of carbonyl (C=O) groups is 1. The molecule has 1 aromatic rings. The normalized spacial score (nSPS) is 16.4. The first-order chi connectivity index (χ1) is 9.20. The summed E-state index contributed by atoms with van der Waals surface area (Å²) in [5, 5.41) is 4.22. The SMILES string of the molecule is CCCN1CCC(=NNC(=O)c2ccoc2C)CC1. The molecule has 1 aromatic heterocycles. The van der Waals surface area contributed by atoms with Crippen LogP contribution in [0.25, 0.3) is 0 Å². The first-order valence-electron chi connectivity index (χ1n) is 6.83. The molecular formula is C14H21N3O2. The van der Waals surface area contributed by atoms with Gasteiger partial charge < -0.3 is 9.32 Å². The number of amides is 1. The first-order valence-corrected chi connectivity index (χ1v) is 6.83. The van der Waals surface area contributed by atoms with Gasteiger partial charge in [-0.25, -0.2) is 5.43 Å². The Morgan fingerprint density at radius 2 is 2.21 bits per heavy atom. The molecule has 1 amide bonds. The minimum absolute atomic E-state index is 0.199. The van der Waals surface area contributed by atoms with E-state index >= 15 is 0 Å². The molecule has 0 aromatic carbocycles. The molecule has 1 fully saturated rings. The number of hydrazone groups is 1. The Kier molecular flexibility index (Phi) is 4.74. The van der Waals surface area contributed by atoms with Crippen LogP contribution in [0.4, 0.5) is 0 Å². The van der Waals surface area contributed by atoms with E-state index in [4.69, 9.17) is 4.42 Å². The largest absolute Gasteiger partial charge is 0.469 e. The summed E-state index contributed by atoms with van der Waals surface area (Å²) in [6, 6.07) is 1.66. The third-order valence-corrected chi connectivity index (χ3v) is 3.39. The van der Waals surface area contributed by atoms with Gasteiger partial charge in [0.2, 0.25) is 0 Å². The van der Waals surface area contributed by atoms with Crippen molar-refractivity contribution in [1.29, 1.82) is 0 Å². The molecule has 0 spiro atoms. The lowest BCUT2D eigenvalue weighted by Crippen LogP contribution is -2.35. The second-order valence-electron chi connectivity index (χ2n) is 4.85. The van der Waals surface area contributed by atoms with Crippen molar-refractivity contribution in [3.63, 3.8) is 0 Å². The Labute approximate surface area is 113 Å². The Morgan fingerprint density at radius 1 is 1.47 bits per heavy atom. The first kappa shape index (κ1) is 13.8. The highest BCUT2D eigenvalue weighted by Gasteiger charge is 2.15. The quantitative estimate of drug-likeness (QED) is 0.847. The Hall–Kier alpha value is -1.62. The third kappa shape index (κ3) is 3.67. The Morgan fingerprint density at radius 3 is 2.79 bits per heavy atom. The third-order valence-electron chi connectivity index (χ3n) is 3.39. The molecule has 5 heteroatoms. The van der Waals surface area contributed by atoms with Crippen LogP contribution in [0.5, 0.6) is 0 Å². The summed E-state index contributed by atoms with van der Waals surface area (Å²) in [5.74, 6) is 0.421. The number of hydrogen-bond acceptors (Lipinski definition) is 4. The van der Waals surface area contributed by atoms with Crippen molar-refractivity contribution >= 4 is 11.6 Å². The van der Waals surface area contributed by atoms with E-state index in [0.29, 0.717) is 11.3 Å². The summed E-state index contributed by atoms with van der Waals surface area (Å²) >= 11 is 0. The maximum atomic E-state index is 11.8. The van der Waals surface area contributed by atoms with E-state index in [-0.39, 0.29) is 5.91 Å². The molecule has 0 atom stereocenters. The van der Waals surface area contributed by atoms with E-state index in [0.717, 1.165) is 38.2 Å². The maximum Gasteiger partial charge on any atom is 0.274 e. The molecule has 1 N–H and O–H groups in total. The van der Waals surface area contributed by atoms with Crippen molar-refractivity contribution in [1.82, 2.24) is 10.3 Å². The molecule has 5 nitrogen and oxygen atoms in total. The zero-order chi connectivity index (χ0) is 13.7. The van der Waals surface area contributed by atoms with Crippen molar-refractivity contribution in [2.75, 3.05) is 19.6 Å². The van der Waals surface area contributed by atoms with Crippen molar-refractivity contribution in [2.45, 2.75) is 33.1 Å². The molecule has 1 aliphatic heterocycles. The zero-order valence-corrected chi connectivity index (χ0v) is 11.6. The standard InChI is InChI=1S/C14H21N3O2/c1-3-7-17-8-4-12(5-9-17)15-16-14(18)13-6-10-19-11(13)2/h6,10H,3-5,7-9H2,1-2H3,(H,16,18). The van der Waals surface area contributed by atoms with Crippen molar-refractivity contribution in [3.05, 3.63) is 23.7 Å². The number of likely N-dealkylation sites (tertiary alicyclic amines) is 1. The van der Waals surface area contributed by atoms with E-state index in [9.17, 15) is 4.79 Å². The highest BCUT2D eigenvalue weighted by Crippen LogP contribution is 2.09. The van der Waals surface area contributed by atoms with Gasteiger partial charge in [0.15, 0.2) is 0 Å². The summed E-state index contributed by atoms with van der Waals surface area (Å²) in [4.78, 5) is 14.3. The van der Waals surface area contributed by atoms with Gasteiger partial charge >= 0.3 is 0 Å². The predicted octanol–water partition coefficient (Wildman–Crippen LogP) is 2.18. The summed E-state index contributed by atoms with van der Waals surface area (Å²) in [7, 11) is 0.